The Balaban J connectivity index is 1.50. The van der Waals surface area contributed by atoms with Gasteiger partial charge in [0, 0.05) is 6.42 Å². The smallest absolute Gasteiger partial charge is 0.220 e. The third-order valence-electron chi connectivity index (χ3n) is 17.8. The molecule has 2 fully saturated rings. The summed E-state index contributed by atoms with van der Waals surface area (Å²) in [6.07, 6.45) is 57.0. The van der Waals surface area contributed by atoms with E-state index in [0.717, 1.165) is 32.1 Å². The molecular formula is C72H135NO13. The summed E-state index contributed by atoms with van der Waals surface area (Å²) in [5.41, 5.74) is 0. The number of hydrogen-bond acceptors (Lipinski definition) is 13. The van der Waals surface area contributed by atoms with E-state index >= 15 is 0 Å². The predicted octanol–water partition coefficient (Wildman–Crippen LogP) is 14.9. The Morgan fingerprint density at radius 2 is 0.744 bits per heavy atom. The molecule has 0 aromatic carbocycles. The Morgan fingerprint density at radius 3 is 1.14 bits per heavy atom. The zero-order valence-electron chi connectivity index (χ0n) is 55.1. The number of allylic oxidation sites excluding steroid dienone is 5. The van der Waals surface area contributed by atoms with E-state index in [1.54, 1.807) is 6.08 Å². The van der Waals surface area contributed by atoms with E-state index in [1.165, 1.54) is 257 Å². The molecular weight excluding hydrogens is 1090 g/mol. The van der Waals surface area contributed by atoms with E-state index in [0.29, 0.717) is 12.8 Å². The fraction of sp³-hybridized carbons (Fsp3) is 0.903. The lowest BCUT2D eigenvalue weighted by Gasteiger charge is -2.46. The van der Waals surface area contributed by atoms with Crippen LogP contribution in [0.15, 0.2) is 36.5 Å². The van der Waals surface area contributed by atoms with Gasteiger partial charge in [0.25, 0.3) is 0 Å². The van der Waals surface area contributed by atoms with E-state index in [-0.39, 0.29) is 18.9 Å². The lowest BCUT2D eigenvalue weighted by atomic mass is 9.97. The quantitative estimate of drug-likeness (QED) is 0.0204. The van der Waals surface area contributed by atoms with Crippen LogP contribution in [0.3, 0.4) is 0 Å². The van der Waals surface area contributed by atoms with Crippen LogP contribution in [0.1, 0.15) is 322 Å². The van der Waals surface area contributed by atoms with Crippen molar-refractivity contribution in [3.05, 3.63) is 36.5 Å². The van der Waals surface area contributed by atoms with Gasteiger partial charge in [-0.05, 0) is 57.8 Å². The first-order valence-electron chi connectivity index (χ1n) is 36.2. The molecule has 0 aromatic heterocycles. The molecule has 0 aliphatic carbocycles. The van der Waals surface area contributed by atoms with Crippen LogP contribution in [0.4, 0.5) is 0 Å². The van der Waals surface area contributed by atoms with E-state index < -0.39 is 86.8 Å². The number of unbranched alkanes of at least 4 members (excludes halogenated alkanes) is 43. The highest BCUT2D eigenvalue weighted by atomic mass is 16.7. The number of rotatable bonds is 60. The van der Waals surface area contributed by atoms with Gasteiger partial charge in [-0.1, -0.05) is 294 Å². The minimum atomic E-state index is -1.79. The molecule has 2 heterocycles. The largest absolute Gasteiger partial charge is 0.394 e. The molecule has 0 spiro atoms. The summed E-state index contributed by atoms with van der Waals surface area (Å²) in [7, 11) is 0. The Labute approximate surface area is 525 Å². The third kappa shape index (κ3) is 40.8. The third-order valence-corrected chi connectivity index (χ3v) is 17.8. The highest BCUT2D eigenvalue weighted by Gasteiger charge is 2.51. The second-order valence-electron chi connectivity index (χ2n) is 25.7. The first-order valence-corrected chi connectivity index (χ1v) is 36.2. The van der Waals surface area contributed by atoms with Crippen LogP contribution in [-0.4, -0.2) is 140 Å². The minimum Gasteiger partial charge on any atom is -0.394 e. The monoisotopic (exact) mass is 1220 g/mol. The van der Waals surface area contributed by atoms with Gasteiger partial charge in [0.1, 0.15) is 48.8 Å². The Kier molecular flexibility index (Phi) is 53.4. The van der Waals surface area contributed by atoms with Gasteiger partial charge in [-0.2, -0.15) is 0 Å². The number of aliphatic hydroxyl groups is 8. The van der Waals surface area contributed by atoms with Crippen molar-refractivity contribution >= 4 is 5.91 Å². The van der Waals surface area contributed by atoms with Crippen molar-refractivity contribution in [2.24, 2.45) is 0 Å². The van der Waals surface area contributed by atoms with E-state index in [2.05, 4.69) is 43.5 Å². The number of carbonyl (C=O) groups excluding carboxylic acids is 1. The van der Waals surface area contributed by atoms with Crippen molar-refractivity contribution in [1.29, 1.82) is 0 Å². The number of amides is 1. The number of ether oxygens (including phenoxy) is 4. The molecule has 2 aliphatic rings. The maximum Gasteiger partial charge on any atom is 0.220 e. The second kappa shape index (κ2) is 57.1. The summed E-state index contributed by atoms with van der Waals surface area (Å²) in [5, 5.41) is 87.1. The first-order chi connectivity index (χ1) is 42.1. The summed E-state index contributed by atoms with van der Waals surface area (Å²) >= 11 is 0. The van der Waals surface area contributed by atoms with Crippen molar-refractivity contribution in [2.45, 2.75) is 396 Å². The average molecular weight is 1220 g/mol. The molecule has 14 nitrogen and oxygen atoms in total. The predicted molar refractivity (Wildman–Crippen MR) is 351 cm³/mol. The topological polar surface area (TPSA) is 228 Å². The van der Waals surface area contributed by atoms with Gasteiger partial charge < -0.3 is 65.1 Å². The molecule has 2 rings (SSSR count). The molecule has 2 aliphatic heterocycles. The van der Waals surface area contributed by atoms with Crippen LogP contribution in [0.2, 0.25) is 0 Å². The van der Waals surface area contributed by atoms with Gasteiger partial charge in [0.15, 0.2) is 12.6 Å². The molecule has 1 amide bonds. The van der Waals surface area contributed by atoms with Gasteiger partial charge in [-0.25, -0.2) is 0 Å². The molecule has 2 saturated heterocycles. The van der Waals surface area contributed by atoms with Crippen LogP contribution in [0.25, 0.3) is 0 Å². The van der Waals surface area contributed by atoms with Gasteiger partial charge >= 0.3 is 0 Å². The summed E-state index contributed by atoms with van der Waals surface area (Å²) in [5.74, 6) is -0.245. The van der Waals surface area contributed by atoms with Gasteiger partial charge in [-0.15, -0.1) is 0 Å². The Hall–Kier alpha value is -1.79. The molecule has 0 saturated carbocycles. The molecule has 0 radical (unpaired) electrons. The molecule has 12 unspecified atom stereocenters. The molecule has 14 heteroatoms. The Morgan fingerprint density at radius 1 is 0.407 bits per heavy atom. The van der Waals surface area contributed by atoms with Crippen molar-refractivity contribution < 1.29 is 64.6 Å². The van der Waals surface area contributed by atoms with Crippen molar-refractivity contribution in [3.8, 4) is 0 Å². The van der Waals surface area contributed by atoms with Gasteiger partial charge in [0.2, 0.25) is 5.91 Å². The molecule has 86 heavy (non-hydrogen) atoms. The van der Waals surface area contributed by atoms with Gasteiger partial charge in [0.05, 0.1) is 32.0 Å². The van der Waals surface area contributed by atoms with E-state index in [9.17, 15) is 45.6 Å². The van der Waals surface area contributed by atoms with E-state index in [4.69, 9.17) is 18.9 Å². The fourth-order valence-electron chi connectivity index (χ4n) is 12.0. The summed E-state index contributed by atoms with van der Waals surface area (Å²) in [6.45, 7) is 2.77. The molecule has 0 aromatic rings. The van der Waals surface area contributed by atoms with Crippen molar-refractivity contribution in [3.63, 3.8) is 0 Å². The normalized spacial score (nSPS) is 23.6. The van der Waals surface area contributed by atoms with Crippen LogP contribution in [0.5, 0.6) is 0 Å². The molecule has 12 atom stereocenters. The second-order valence-corrected chi connectivity index (χ2v) is 25.7. The van der Waals surface area contributed by atoms with Crippen molar-refractivity contribution in [1.82, 2.24) is 5.32 Å². The lowest BCUT2D eigenvalue weighted by Crippen LogP contribution is -2.65. The minimum absolute atomic E-state index is 0.245. The van der Waals surface area contributed by atoms with Crippen LogP contribution in [0, 0.1) is 0 Å². The van der Waals surface area contributed by atoms with E-state index in [1.807, 2.05) is 6.08 Å². The number of nitrogens with one attached hydrogen (secondary N) is 1. The summed E-state index contributed by atoms with van der Waals surface area (Å²) in [4.78, 5) is 13.3. The van der Waals surface area contributed by atoms with Crippen LogP contribution < -0.4 is 5.32 Å². The maximum absolute atomic E-state index is 13.3. The SMILES string of the molecule is CCCCCCC/C=C/CC/C=C/C(O)C(COC1OC(CO)C(OC2OC(CO)C(O)C(O)C2O)C(O)C1O)NC(=O)CCCCCCCCCCCCCCCCCCCCCCCCCCCCCCC/C=C\CCCCCCCCCC. The number of aliphatic hydroxyl groups excluding tert-OH is 8. The fourth-order valence-corrected chi connectivity index (χ4v) is 12.0. The van der Waals surface area contributed by atoms with Crippen molar-refractivity contribution in [2.75, 3.05) is 19.8 Å². The zero-order valence-corrected chi connectivity index (χ0v) is 55.1. The number of hydrogen-bond donors (Lipinski definition) is 9. The molecule has 0 bridgehead atoms. The zero-order chi connectivity index (χ0) is 62.3. The van der Waals surface area contributed by atoms with Crippen LogP contribution in [-0.2, 0) is 23.7 Å². The maximum atomic E-state index is 13.3. The van der Waals surface area contributed by atoms with Crippen LogP contribution >= 0.6 is 0 Å². The standard InChI is InChI=1S/C72H135NO13/c1-3-5-7-9-11-13-15-16-17-18-19-20-21-22-23-24-25-26-27-28-29-30-31-32-33-34-35-36-37-38-39-40-41-42-43-44-46-48-50-52-54-56-64(77)73-60(61(76)55-53-51-49-47-45-14-12-10-8-6-4-2)59-83-71-69(82)67(80)70(63(58-75)85-71)86-72-68(81)66(79)65(78)62(57-74)84-72/h18-19,45,47,53,55,60-63,65-72,74-76,78-82H,3-17,20-44,46,48-52,54,56-59H2,1-2H3,(H,73,77)/b19-18-,47-45+,55-53+. The number of carbonyl (C=O) groups is 1. The molecule has 9 N–H and O–H groups in total. The first kappa shape index (κ1) is 80.3. The highest BCUT2D eigenvalue weighted by molar-refractivity contribution is 5.76. The van der Waals surface area contributed by atoms with Gasteiger partial charge in [-0.3, -0.25) is 4.79 Å². The molecule has 506 valence electrons. The lowest BCUT2D eigenvalue weighted by molar-refractivity contribution is -0.359. The average Bonchev–Trinajstić information content (AvgIpc) is 2.16. The highest BCUT2D eigenvalue weighted by Crippen LogP contribution is 2.30. The summed E-state index contributed by atoms with van der Waals surface area (Å²) < 4.78 is 22.8. The summed E-state index contributed by atoms with van der Waals surface area (Å²) in [6, 6.07) is -0.928. The Bertz CT molecular complexity index is 1580.